The first-order valence-corrected chi connectivity index (χ1v) is 3.62. The Bertz CT molecular complexity index is 404. The average Bonchev–Trinajstić information content (AvgIpc) is 2.15. The molecule has 2 nitrogen and oxygen atoms in total. The standard InChI is InChI=1S/C8H3F5N2/c9-7(10)6-4(8(11,12)13)1-2-15-5(6)3-14/h1-2,7H. The Kier molecular flexibility index (Phi) is 2.88. The molecule has 0 aliphatic heterocycles. The fourth-order valence-electron chi connectivity index (χ4n) is 1.03. The van der Waals surface area contributed by atoms with E-state index in [-0.39, 0.29) is 0 Å². The summed E-state index contributed by atoms with van der Waals surface area (Å²) in [5.74, 6) is 0. The van der Waals surface area contributed by atoms with E-state index in [1.54, 1.807) is 0 Å². The summed E-state index contributed by atoms with van der Waals surface area (Å²) in [5, 5.41) is 8.34. The molecular formula is C8H3F5N2. The second kappa shape index (κ2) is 3.81. The number of rotatable bonds is 1. The molecule has 1 rings (SSSR count). The molecule has 0 saturated carbocycles. The van der Waals surface area contributed by atoms with Crippen molar-refractivity contribution in [3.8, 4) is 6.07 Å². The van der Waals surface area contributed by atoms with Crippen molar-refractivity contribution >= 4 is 0 Å². The predicted octanol–water partition coefficient (Wildman–Crippen LogP) is 2.91. The van der Waals surface area contributed by atoms with Gasteiger partial charge in [0.25, 0.3) is 6.43 Å². The quantitative estimate of drug-likeness (QED) is 0.685. The molecule has 1 aromatic heterocycles. The van der Waals surface area contributed by atoms with E-state index < -0.39 is 29.4 Å². The van der Waals surface area contributed by atoms with Crippen LogP contribution in [0.1, 0.15) is 23.2 Å². The number of aromatic nitrogens is 1. The highest BCUT2D eigenvalue weighted by Crippen LogP contribution is 2.36. The number of alkyl halides is 5. The molecule has 0 radical (unpaired) electrons. The van der Waals surface area contributed by atoms with Gasteiger partial charge in [-0.1, -0.05) is 0 Å². The summed E-state index contributed by atoms with van der Waals surface area (Å²) in [6.07, 6.45) is -7.63. The predicted molar refractivity (Wildman–Crippen MR) is 38.9 cm³/mol. The van der Waals surface area contributed by atoms with Crippen LogP contribution in [0.5, 0.6) is 0 Å². The molecule has 0 bridgehead atoms. The van der Waals surface area contributed by atoms with Gasteiger partial charge in [-0.05, 0) is 6.07 Å². The first kappa shape index (κ1) is 11.4. The highest BCUT2D eigenvalue weighted by Gasteiger charge is 2.37. The molecule has 80 valence electrons. The molecule has 0 unspecified atom stereocenters. The van der Waals surface area contributed by atoms with Crippen molar-refractivity contribution in [3.05, 3.63) is 29.1 Å². The van der Waals surface area contributed by atoms with Crippen LogP contribution in [-0.4, -0.2) is 4.98 Å². The maximum Gasteiger partial charge on any atom is 0.417 e. The average molecular weight is 222 g/mol. The van der Waals surface area contributed by atoms with Gasteiger partial charge in [0.1, 0.15) is 11.8 Å². The number of nitrogens with zero attached hydrogens (tertiary/aromatic N) is 2. The number of nitriles is 1. The van der Waals surface area contributed by atoms with Crippen LogP contribution in [0, 0.1) is 11.3 Å². The van der Waals surface area contributed by atoms with Gasteiger partial charge in [0, 0.05) is 6.20 Å². The Morgan fingerprint density at radius 2 is 1.93 bits per heavy atom. The zero-order valence-corrected chi connectivity index (χ0v) is 7.02. The first-order chi connectivity index (χ1) is 6.88. The number of hydrogen-bond acceptors (Lipinski definition) is 2. The normalized spacial score (nSPS) is 11.5. The summed E-state index contributed by atoms with van der Waals surface area (Å²) >= 11 is 0. The first-order valence-electron chi connectivity index (χ1n) is 3.62. The van der Waals surface area contributed by atoms with Crippen molar-refractivity contribution in [1.29, 1.82) is 5.26 Å². The van der Waals surface area contributed by atoms with E-state index in [4.69, 9.17) is 5.26 Å². The van der Waals surface area contributed by atoms with E-state index in [0.717, 1.165) is 0 Å². The van der Waals surface area contributed by atoms with Crippen molar-refractivity contribution in [3.63, 3.8) is 0 Å². The molecule has 0 aliphatic rings. The Hall–Kier alpha value is -1.71. The molecule has 15 heavy (non-hydrogen) atoms. The Labute approximate surface area is 81.0 Å². The minimum absolute atomic E-state index is 0.419. The maximum atomic E-state index is 12.3. The fraction of sp³-hybridized carbons (Fsp3) is 0.250. The van der Waals surface area contributed by atoms with Crippen molar-refractivity contribution in [1.82, 2.24) is 4.98 Å². The van der Waals surface area contributed by atoms with Crippen molar-refractivity contribution < 1.29 is 22.0 Å². The monoisotopic (exact) mass is 222 g/mol. The van der Waals surface area contributed by atoms with Crippen LogP contribution in [-0.2, 0) is 6.18 Å². The van der Waals surface area contributed by atoms with E-state index in [1.807, 2.05) is 0 Å². The molecule has 0 atom stereocenters. The maximum absolute atomic E-state index is 12.3. The third kappa shape index (κ3) is 2.21. The van der Waals surface area contributed by atoms with E-state index in [9.17, 15) is 22.0 Å². The third-order valence-electron chi connectivity index (χ3n) is 1.62. The minimum atomic E-state index is -4.92. The molecule has 0 aliphatic carbocycles. The molecule has 7 heteroatoms. The SMILES string of the molecule is N#Cc1nccc(C(F)(F)F)c1C(F)F. The van der Waals surface area contributed by atoms with Crippen LogP contribution < -0.4 is 0 Å². The van der Waals surface area contributed by atoms with Gasteiger partial charge < -0.3 is 0 Å². The third-order valence-corrected chi connectivity index (χ3v) is 1.62. The molecule has 1 heterocycles. The van der Waals surface area contributed by atoms with Gasteiger partial charge in [0.15, 0.2) is 0 Å². The second-order valence-electron chi connectivity index (χ2n) is 2.53. The van der Waals surface area contributed by atoms with E-state index in [1.165, 1.54) is 6.07 Å². The minimum Gasteiger partial charge on any atom is -0.245 e. The van der Waals surface area contributed by atoms with Gasteiger partial charge in [-0.2, -0.15) is 18.4 Å². The second-order valence-corrected chi connectivity index (χ2v) is 2.53. The highest BCUT2D eigenvalue weighted by atomic mass is 19.4. The van der Waals surface area contributed by atoms with Crippen LogP contribution in [0.4, 0.5) is 22.0 Å². The van der Waals surface area contributed by atoms with Crippen LogP contribution in [0.25, 0.3) is 0 Å². The highest BCUT2D eigenvalue weighted by molar-refractivity contribution is 5.39. The summed E-state index contributed by atoms with van der Waals surface area (Å²) in [4.78, 5) is 3.15. The van der Waals surface area contributed by atoms with Crippen molar-refractivity contribution in [2.24, 2.45) is 0 Å². The van der Waals surface area contributed by atoms with Gasteiger partial charge in [-0.25, -0.2) is 13.8 Å². The van der Waals surface area contributed by atoms with Crippen LogP contribution in [0.15, 0.2) is 12.3 Å². The van der Waals surface area contributed by atoms with E-state index >= 15 is 0 Å². The zero-order valence-electron chi connectivity index (χ0n) is 7.02. The molecule has 0 fully saturated rings. The van der Waals surface area contributed by atoms with Gasteiger partial charge in [-0.3, -0.25) is 0 Å². The van der Waals surface area contributed by atoms with Gasteiger partial charge in [0.05, 0.1) is 11.1 Å². The smallest absolute Gasteiger partial charge is 0.245 e. The molecule has 0 saturated heterocycles. The largest absolute Gasteiger partial charge is 0.417 e. The Balaban J connectivity index is 3.48. The molecule has 0 amide bonds. The summed E-state index contributed by atoms with van der Waals surface area (Å²) in [7, 11) is 0. The fourth-order valence-corrected chi connectivity index (χ4v) is 1.03. The van der Waals surface area contributed by atoms with E-state index in [2.05, 4.69) is 4.98 Å². The lowest BCUT2D eigenvalue weighted by atomic mass is 10.1. The molecule has 1 aromatic rings. The Morgan fingerprint density at radius 1 is 1.33 bits per heavy atom. The topological polar surface area (TPSA) is 36.7 Å². The summed E-state index contributed by atoms with van der Waals surface area (Å²) in [6, 6.07) is 1.62. The van der Waals surface area contributed by atoms with Crippen LogP contribution >= 0.6 is 0 Å². The van der Waals surface area contributed by atoms with Gasteiger partial charge in [0.2, 0.25) is 0 Å². The summed E-state index contributed by atoms with van der Waals surface area (Å²) in [5.41, 5.74) is -3.80. The van der Waals surface area contributed by atoms with Crippen LogP contribution in [0.3, 0.4) is 0 Å². The van der Waals surface area contributed by atoms with Gasteiger partial charge >= 0.3 is 6.18 Å². The lowest BCUT2D eigenvalue weighted by Gasteiger charge is -2.12. The van der Waals surface area contributed by atoms with E-state index in [0.29, 0.717) is 12.3 Å². The van der Waals surface area contributed by atoms with Crippen LogP contribution in [0.2, 0.25) is 0 Å². The van der Waals surface area contributed by atoms with Gasteiger partial charge in [-0.15, -0.1) is 0 Å². The molecular weight excluding hydrogens is 219 g/mol. The lowest BCUT2D eigenvalue weighted by molar-refractivity contribution is -0.139. The lowest BCUT2D eigenvalue weighted by Crippen LogP contribution is -2.12. The number of halogens is 5. The van der Waals surface area contributed by atoms with Crippen molar-refractivity contribution in [2.45, 2.75) is 12.6 Å². The molecule has 0 N–H and O–H groups in total. The number of pyridine rings is 1. The summed E-state index contributed by atoms with van der Waals surface area (Å²) in [6.45, 7) is 0. The Morgan fingerprint density at radius 3 is 2.33 bits per heavy atom. The summed E-state index contributed by atoms with van der Waals surface area (Å²) < 4.78 is 61.4. The molecule has 0 spiro atoms. The number of hydrogen-bond donors (Lipinski definition) is 0. The van der Waals surface area contributed by atoms with Crippen molar-refractivity contribution in [2.75, 3.05) is 0 Å². The molecule has 0 aromatic carbocycles. The zero-order chi connectivity index (χ0) is 11.6.